The number of likely N-dealkylation sites (tertiary alicyclic amines) is 1. The normalized spacial score (nSPS) is 21.4. The van der Waals surface area contributed by atoms with E-state index in [1.807, 2.05) is 0 Å². The van der Waals surface area contributed by atoms with Gasteiger partial charge in [-0.1, -0.05) is 23.7 Å². The summed E-state index contributed by atoms with van der Waals surface area (Å²) in [4.78, 5) is 39.0. The third-order valence-corrected chi connectivity index (χ3v) is 5.27. The molecule has 2 fully saturated rings. The molecule has 0 radical (unpaired) electrons. The van der Waals surface area contributed by atoms with Crippen LogP contribution in [0.3, 0.4) is 0 Å². The lowest BCUT2D eigenvalue weighted by Gasteiger charge is -2.39. The molecule has 2 aliphatic heterocycles. The topological polar surface area (TPSA) is 69.7 Å². The van der Waals surface area contributed by atoms with Crippen LogP contribution in [0.25, 0.3) is 0 Å². The Kier molecular flexibility index (Phi) is 5.83. The number of hydrogen-bond acceptors (Lipinski definition) is 3. The van der Waals surface area contributed by atoms with Crippen molar-refractivity contribution in [2.24, 2.45) is 5.92 Å². The summed E-state index contributed by atoms with van der Waals surface area (Å²) in [5.74, 6) is -3.04. The van der Waals surface area contributed by atoms with Crippen molar-refractivity contribution in [3.63, 3.8) is 0 Å². The number of halogens is 4. The third-order valence-electron chi connectivity index (χ3n) is 5.03. The molecule has 1 N–H and O–H groups in total. The minimum absolute atomic E-state index is 0.126. The molecular formula is C18H19ClF3N3O3. The van der Waals surface area contributed by atoms with Gasteiger partial charge in [0.2, 0.25) is 11.8 Å². The van der Waals surface area contributed by atoms with Crippen molar-refractivity contribution in [2.45, 2.75) is 25.1 Å². The molecule has 1 unspecified atom stereocenters. The molecule has 1 aromatic rings. The number of nitrogens with zero attached hydrogens (tertiary/aromatic N) is 2. The molecule has 3 amide bonds. The number of hydrogen-bond donors (Lipinski definition) is 1. The molecule has 2 saturated heterocycles. The van der Waals surface area contributed by atoms with Crippen molar-refractivity contribution >= 4 is 29.3 Å². The van der Waals surface area contributed by atoms with E-state index in [0.29, 0.717) is 23.7 Å². The average molecular weight is 418 g/mol. The number of benzene rings is 1. The highest BCUT2D eigenvalue weighted by molar-refractivity contribution is 6.30. The van der Waals surface area contributed by atoms with Crippen molar-refractivity contribution in [3.05, 3.63) is 34.9 Å². The molecule has 0 bridgehead atoms. The summed E-state index contributed by atoms with van der Waals surface area (Å²) in [6.45, 7) is 0.309. The van der Waals surface area contributed by atoms with Crippen LogP contribution in [-0.4, -0.2) is 59.9 Å². The Hall–Kier alpha value is -2.29. The molecule has 1 aromatic carbocycles. The first-order valence-electron chi connectivity index (χ1n) is 8.88. The zero-order valence-corrected chi connectivity index (χ0v) is 15.6. The van der Waals surface area contributed by atoms with E-state index in [1.54, 1.807) is 24.3 Å². The van der Waals surface area contributed by atoms with E-state index in [1.165, 1.54) is 4.90 Å². The van der Waals surface area contributed by atoms with E-state index in [-0.39, 0.29) is 37.7 Å². The second-order valence-electron chi connectivity index (χ2n) is 6.84. The average Bonchev–Trinajstić information content (AvgIpc) is 2.66. The molecule has 28 heavy (non-hydrogen) atoms. The molecule has 1 atom stereocenters. The molecule has 6 nitrogen and oxygen atoms in total. The Balaban J connectivity index is 1.72. The lowest BCUT2D eigenvalue weighted by atomic mass is 9.92. The number of amides is 3. The maximum absolute atomic E-state index is 13.0. The van der Waals surface area contributed by atoms with Crippen molar-refractivity contribution in [2.75, 3.05) is 26.2 Å². The van der Waals surface area contributed by atoms with Gasteiger partial charge in [-0.05, 0) is 30.5 Å². The summed E-state index contributed by atoms with van der Waals surface area (Å²) >= 11 is 6.01. The van der Waals surface area contributed by atoms with Crippen molar-refractivity contribution in [1.29, 1.82) is 0 Å². The van der Waals surface area contributed by atoms with E-state index in [9.17, 15) is 27.6 Å². The van der Waals surface area contributed by atoms with E-state index in [0.717, 1.165) is 4.90 Å². The van der Waals surface area contributed by atoms with Gasteiger partial charge in [0, 0.05) is 37.1 Å². The number of rotatable bonds is 2. The van der Waals surface area contributed by atoms with E-state index in [4.69, 9.17) is 11.6 Å². The maximum atomic E-state index is 13.0. The summed E-state index contributed by atoms with van der Waals surface area (Å²) in [6, 6.07) is 5.82. The summed E-state index contributed by atoms with van der Waals surface area (Å²) in [5.41, 5.74) is 0.572. The quantitative estimate of drug-likeness (QED) is 0.801. The Morgan fingerprint density at radius 3 is 2.43 bits per heavy atom. The van der Waals surface area contributed by atoms with Gasteiger partial charge in [0.1, 0.15) is 6.04 Å². The lowest BCUT2D eigenvalue weighted by Crippen LogP contribution is -2.55. The van der Waals surface area contributed by atoms with Crippen molar-refractivity contribution < 1.29 is 27.6 Å². The van der Waals surface area contributed by atoms with Gasteiger partial charge in [-0.2, -0.15) is 13.2 Å². The number of alkyl halides is 3. The van der Waals surface area contributed by atoms with Gasteiger partial charge in [-0.3, -0.25) is 14.4 Å². The fraction of sp³-hybridized carbons (Fsp3) is 0.500. The van der Waals surface area contributed by atoms with E-state index >= 15 is 0 Å². The van der Waals surface area contributed by atoms with Crippen LogP contribution in [0, 0.1) is 5.92 Å². The molecular weight excluding hydrogens is 399 g/mol. The van der Waals surface area contributed by atoms with E-state index in [2.05, 4.69) is 5.32 Å². The van der Waals surface area contributed by atoms with Crippen LogP contribution < -0.4 is 5.32 Å². The molecule has 0 saturated carbocycles. The van der Waals surface area contributed by atoms with E-state index < -0.39 is 24.0 Å². The molecule has 10 heteroatoms. The highest BCUT2D eigenvalue weighted by Crippen LogP contribution is 2.30. The van der Waals surface area contributed by atoms with Crippen LogP contribution in [0.15, 0.2) is 24.3 Å². The summed E-state index contributed by atoms with van der Waals surface area (Å²) in [6.07, 6.45) is -4.67. The standard InChI is InChI=1S/C18H19ClF3N3O3/c19-13-3-1-2-12(10-13)14-15(26)23-6-9-25(14)16(27)11-4-7-24(8-5-11)17(28)18(20,21)22/h1-3,10-11,14H,4-9H2,(H,23,26). The summed E-state index contributed by atoms with van der Waals surface area (Å²) in [7, 11) is 0. The van der Waals surface area contributed by atoms with Crippen LogP contribution in [-0.2, 0) is 14.4 Å². The van der Waals surface area contributed by atoms with Crippen molar-refractivity contribution in [3.8, 4) is 0 Å². The largest absolute Gasteiger partial charge is 0.471 e. The molecule has 0 spiro atoms. The third kappa shape index (κ3) is 4.24. The second-order valence-corrected chi connectivity index (χ2v) is 7.28. The van der Waals surface area contributed by atoms with Gasteiger partial charge < -0.3 is 15.1 Å². The van der Waals surface area contributed by atoms with Gasteiger partial charge in [-0.15, -0.1) is 0 Å². The highest BCUT2D eigenvalue weighted by atomic mass is 35.5. The summed E-state index contributed by atoms with van der Waals surface area (Å²) < 4.78 is 37.7. The smallest absolute Gasteiger partial charge is 0.352 e. The molecule has 152 valence electrons. The Bertz CT molecular complexity index is 779. The number of nitrogens with one attached hydrogen (secondary N) is 1. The van der Waals surface area contributed by atoms with Gasteiger partial charge in [0.15, 0.2) is 0 Å². The molecule has 3 rings (SSSR count). The zero-order chi connectivity index (χ0) is 20.5. The number of piperidine rings is 1. The molecule has 0 aromatic heterocycles. The first kappa shape index (κ1) is 20.4. The summed E-state index contributed by atoms with van der Waals surface area (Å²) in [5, 5.41) is 3.16. The fourth-order valence-corrected chi connectivity index (χ4v) is 3.85. The first-order chi connectivity index (χ1) is 13.2. The Morgan fingerprint density at radius 2 is 1.82 bits per heavy atom. The van der Waals surface area contributed by atoms with Crippen molar-refractivity contribution in [1.82, 2.24) is 15.1 Å². The zero-order valence-electron chi connectivity index (χ0n) is 14.8. The van der Waals surface area contributed by atoms with Gasteiger partial charge >= 0.3 is 12.1 Å². The number of carbonyl (C=O) groups excluding carboxylic acids is 3. The first-order valence-corrected chi connectivity index (χ1v) is 9.26. The molecule has 2 heterocycles. The highest BCUT2D eigenvalue weighted by Gasteiger charge is 2.45. The molecule has 0 aliphatic carbocycles. The molecule has 2 aliphatic rings. The second kappa shape index (κ2) is 7.98. The minimum Gasteiger partial charge on any atom is -0.352 e. The van der Waals surface area contributed by atoms with Gasteiger partial charge in [0.05, 0.1) is 0 Å². The number of carbonyl (C=O) groups is 3. The fourth-order valence-electron chi connectivity index (χ4n) is 3.66. The maximum Gasteiger partial charge on any atom is 0.471 e. The van der Waals surface area contributed by atoms with Crippen LogP contribution in [0.4, 0.5) is 13.2 Å². The van der Waals surface area contributed by atoms with Crippen LogP contribution in [0.1, 0.15) is 24.4 Å². The van der Waals surface area contributed by atoms with Gasteiger partial charge in [-0.25, -0.2) is 0 Å². The predicted molar refractivity (Wildman–Crippen MR) is 94.3 cm³/mol. The Morgan fingerprint density at radius 1 is 1.14 bits per heavy atom. The number of piperazine rings is 1. The van der Waals surface area contributed by atoms with Crippen LogP contribution >= 0.6 is 11.6 Å². The SMILES string of the molecule is O=C1NCCN(C(=O)C2CCN(C(=O)C(F)(F)F)CC2)C1c1cccc(Cl)c1. The van der Waals surface area contributed by atoms with Gasteiger partial charge in [0.25, 0.3) is 0 Å². The predicted octanol–water partition coefficient (Wildman–Crippen LogP) is 2.14. The minimum atomic E-state index is -4.92. The van der Waals surface area contributed by atoms with Crippen LogP contribution in [0.2, 0.25) is 5.02 Å². The Labute approximate surface area is 164 Å². The lowest BCUT2D eigenvalue weighted by molar-refractivity contribution is -0.187. The monoisotopic (exact) mass is 417 g/mol. The van der Waals surface area contributed by atoms with Crippen LogP contribution in [0.5, 0.6) is 0 Å².